The second-order valence-electron chi connectivity index (χ2n) is 12.3. The highest BCUT2D eigenvalue weighted by molar-refractivity contribution is 7.46. The summed E-state index contributed by atoms with van der Waals surface area (Å²) in [6, 6.07) is 0. The average molecular weight is 664 g/mol. The van der Waals surface area contributed by atoms with E-state index < -0.39 is 32.5 Å². The van der Waals surface area contributed by atoms with Crippen LogP contribution in [0.2, 0.25) is 0 Å². The van der Waals surface area contributed by atoms with E-state index in [9.17, 15) is 18.9 Å². The van der Waals surface area contributed by atoms with E-state index in [0.29, 0.717) is 12.8 Å². The Morgan fingerprint density at radius 3 is 1.42 bits per heavy atom. The SMILES string of the molecule is CCCCCCCCCCCCCCCC(=O)O[C@H](COC(=O)CCCCCCCCCCCCNC(C)=O)COP(=O)(O)O. The summed E-state index contributed by atoms with van der Waals surface area (Å²) >= 11 is 0. The highest BCUT2D eigenvalue weighted by Crippen LogP contribution is 2.36. The Hall–Kier alpha value is -1.48. The first-order valence-electron chi connectivity index (χ1n) is 17.9. The zero-order valence-electron chi connectivity index (χ0n) is 28.6. The van der Waals surface area contributed by atoms with Crippen molar-refractivity contribution in [1.29, 1.82) is 0 Å². The molecule has 0 bridgehead atoms. The molecule has 0 unspecified atom stereocenters. The van der Waals surface area contributed by atoms with Crippen LogP contribution >= 0.6 is 7.82 Å². The molecule has 0 aliphatic rings. The first-order valence-corrected chi connectivity index (χ1v) is 19.5. The number of rotatable bonds is 33. The number of ether oxygens (including phenoxy) is 2. The molecule has 10 nitrogen and oxygen atoms in total. The second kappa shape index (κ2) is 31.1. The van der Waals surface area contributed by atoms with Gasteiger partial charge in [-0.15, -0.1) is 0 Å². The van der Waals surface area contributed by atoms with Gasteiger partial charge in [0.15, 0.2) is 6.10 Å². The molecular formula is C34H66NO9P. The molecule has 0 spiro atoms. The molecule has 0 fully saturated rings. The van der Waals surface area contributed by atoms with Gasteiger partial charge < -0.3 is 24.6 Å². The fraction of sp³-hybridized carbons (Fsp3) is 0.912. The highest BCUT2D eigenvalue weighted by atomic mass is 31.2. The van der Waals surface area contributed by atoms with Gasteiger partial charge in [0, 0.05) is 26.3 Å². The maximum absolute atomic E-state index is 12.3. The highest BCUT2D eigenvalue weighted by Gasteiger charge is 2.22. The van der Waals surface area contributed by atoms with E-state index in [1.807, 2.05) is 0 Å². The number of esters is 2. The third-order valence-electron chi connectivity index (χ3n) is 7.82. The first kappa shape index (κ1) is 43.5. The summed E-state index contributed by atoms with van der Waals surface area (Å²) in [5, 5.41) is 2.81. The number of phosphoric acid groups is 1. The summed E-state index contributed by atoms with van der Waals surface area (Å²) in [6.45, 7) is 3.68. The van der Waals surface area contributed by atoms with Crippen molar-refractivity contribution in [2.24, 2.45) is 0 Å². The Labute approximate surface area is 273 Å². The standard InChI is InChI=1S/C34H66NO9P/c1-3-4-5-6-7-8-9-10-11-15-18-21-24-27-34(38)44-32(30-43-45(39,40)41)29-42-33(37)26-23-20-17-14-12-13-16-19-22-25-28-35-31(2)36/h32H,3-30H2,1-2H3,(H,35,36)(H2,39,40,41)/t32-/m1/s1. The van der Waals surface area contributed by atoms with Crippen LogP contribution in [-0.4, -0.2) is 53.5 Å². The van der Waals surface area contributed by atoms with Gasteiger partial charge in [0.1, 0.15) is 6.61 Å². The molecule has 0 aromatic rings. The van der Waals surface area contributed by atoms with E-state index in [4.69, 9.17) is 19.3 Å². The summed E-state index contributed by atoms with van der Waals surface area (Å²) in [6.07, 6.45) is 25.7. The van der Waals surface area contributed by atoms with Gasteiger partial charge in [-0.3, -0.25) is 18.9 Å². The molecule has 0 heterocycles. The van der Waals surface area contributed by atoms with E-state index in [0.717, 1.165) is 57.9 Å². The summed E-state index contributed by atoms with van der Waals surface area (Å²) in [5.74, 6) is -0.891. The van der Waals surface area contributed by atoms with Gasteiger partial charge in [-0.25, -0.2) is 4.57 Å². The minimum Gasteiger partial charge on any atom is -0.462 e. The van der Waals surface area contributed by atoms with Gasteiger partial charge >= 0.3 is 19.8 Å². The van der Waals surface area contributed by atoms with Crippen LogP contribution in [-0.2, 0) is 32.9 Å². The largest absolute Gasteiger partial charge is 0.469 e. The first-order chi connectivity index (χ1) is 21.6. The minimum atomic E-state index is -4.75. The number of hydrogen-bond acceptors (Lipinski definition) is 7. The zero-order valence-corrected chi connectivity index (χ0v) is 29.5. The predicted molar refractivity (Wildman–Crippen MR) is 179 cm³/mol. The number of unbranched alkanes of at least 4 members (excludes halogenated alkanes) is 21. The Bertz CT molecular complexity index is 775. The Balaban J connectivity index is 3.94. The van der Waals surface area contributed by atoms with Crippen molar-refractivity contribution in [2.75, 3.05) is 19.8 Å². The number of nitrogens with one attached hydrogen (secondary N) is 1. The van der Waals surface area contributed by atoms with E-state index in [1.54, 1.807) is 0 Å². The van der Waals surface area contributed by atoms with E-state index in [2.05, 4.69) is 16.8 Å². The molecule has 1 amide bonds. The third-order valence-corrected chi connectivity index (χ3v) is 8.31. The lowest BCUT2D eigenvalue weighted by Crippen LogP contribution is -2.29. The van der Waals surface area contributed by atoms with E-state index in [1.165, 1.54) is 90.4 Å². The Morgan fingerprint density at radius 2 is 1.00 bits per heavy atom. The predicted octanol–water partition coefficient (Wildman–Crippen LogP) is 8.46. The average Bonchev–Trinajstić information content (AvgIpc) is 2.98. The van der Waals surface area contributed by atoms with Crippen molar-refractivity contribution < 1.29 is 42.7 Å². The summed E-state index contributed by atoms with van der Waals surface area (Å²) in [7, 11) is -4.75. The van der Waals surface area contributed by atoms with Gasteiger partial charge in [0.25, 0.3) is 0 Å². The summed E-state index contributed by atoms with van der Waals surface area (Å²) in [4.78, 5) is 53.4. The lowest BCUT2D eigenvalue weighted by Gasteiger charge is -2.18. The topological polar surface area (TPSA) is 148 Å². The number of amides is 1. The lowest BCUT2D eigenvalue weighted by atomic mass is 10.0. The summed E-state index contributed by atoms with van der Waals surface area (Å²) in [5.41, 5.74) is 0. The maximum Gasteiger partial charge on any atom is 0.469 e. The Kier molecular flexibility index (Phi) is 30.1. The number of hydrogen-bond donors (Lipinski definition) is 3. The van der Waals surface area contributed by atoms with Crippen molar-refractivity contribution in [3.8, 4) is 0 Å². The van der Waals surface area contributed by atoms with Gasteiger partial charge in [0.05, 0.1) is 6.61 Å². The van der Waals surface area contributed by atoms with Gasteiger partial charge in [0.2, 0.25) is 5.91 Å². The molecule has 0 rings (SSSR count). The normalized spacial score (nSPS) is 12.2. The van der Waals surface area contributed by atoms with Crippen molar-refractivity contribution in [3.63, 3.8) is 0 Å². The van der Waals surface area contributed by atoms with Crippen molar-refractivity contribution in [1.82, 2.24) is 5.32 Å². The molecule has 0 aromatic heterocycles. The van der Waals surface area contributed by atoms with E-state index >= 15 is 0 Å². The molecular weight excluding hydrogens is 597 g/mol. The van der Waals surface area contributed by atoms with Gasteiger partial charge in [-0.2, -0.15) is 0 Å². The van der Waals surface area contributed by atoms with Crippen LogP contribution in [0.4, 0.5) is 0 Å². The monoisotopic (exact) mass is 663 g/mol. The Morgan fingerprint density at radius 1 is 0.600 bits per heavy atom. The van der Waals surface area contributed by atoms with E-state index in [-0.39, 0.29) is 25.4 Å². The van der Waals surface area contributed by atoms with Crippen LogP contribution in [0.3, 0.4) is 0 Å². The molecule has 3 N–H and O–H groups in total. The number of carbonyl (C=O) groups excluding carboxylic acids is 3. The van der Waals surface area contributed by atoms with Crippen LogP contribution in [0.5, 0.6) is 0 Å². The van der Waals surface area contributed by atoms with Crippen LogP contribution < -0.4 is 5.32 Å². The number of phosphoric ester groups is 1. The van der Waals surface area contributed by atoms with Crippen molar-refractivity contribution in [3.05, 3.63) is 0 Å². The van der Waals surface area contributed by atoms with Crippen LogP contribution in [0.1, 0.15) is 174 Å². The van der Waals surface area contributed by atoms with Crippen LogP contribution in [0.15, 0.2) is 0 Å². The van der Waals surface area contributed by atoms with Crippen molar-refractivity contribution in [2.45, 2.75) is 180 Å². The smallest absolute Gasteiger partial charge is 0.462 e. The fourth-order valence-electron chi connectivity index (χ4n) is 5.16. The molecule has 11 heteroatoms. The molecule has 266 valence electrons. The quantitative estimate of drug-likeness (QED) is 0.0357. The minimum absolute atomic E-state index is 0.0244. The van der Waals surface area contributed by atoms with Gasteiger partial charge in [-0.1, -0.05) is 135 Å². The maximum atomic E-state index is 12.3. The second-order valence-corrected chi connectivity index (χ2v) is 13.6. The van der Waals surface area contributed by atoms with Crippen LogP contribution in [0.25, 0.3) is 0 Å². The third kappa shape index (κ3) is 35.2. The zero-order chi connectivity index (χ0) is 33.4. The fourth-order valence-corrected chi connectivity index (χ4v) is 5.52. The number of carbonyl (C=O) groups is 3. The molecule has 0 saturated heterocycles. The molecule has 45 heavy (non-hydrogen) atoms. The molecule has 0 aromatic carbocycles. The molecule has 0 saturated carbocycles. The van der Waals surface area contributed by atoms with Gasteiger partial charge in [-0.05, 0) is 19.3 Å². The molecule has 0 aliphatic carbocycles. The molecule has 1 atom stereocenters. The summed E-state index contributed by atoms with van der Waals surface area (Å²) < 4.78 is 26.2. The molecule has 0 radical (unpaired) electrons. The van der Waals surface area contributed by atoms with Crippen LogP contribution in [0, 0.1) is 0 Å². The lowest BCUT2D eigenvalue weighted by molar-refractivity contribution is -0.161. The van der Waals surface area contributed by atoms with Crippen molar-refractivity contribution >= 4 is 25.7 Å². The molecule has 0 aliphatic heterocycles.